The van der Waals surface area contributed by atoms with Gasteiger partial charge in [0.2, 0.25) is 0 Å². The predicted molar refractivity (Wildman–Crippen MR) is 138 cm³/mol. The van der Waals surface area contributed by atoms with Crippen LogP contribution in [0.3, 0.4) is 0 Å². The molecule has 5 heteroatoms. The fourth-order valence-electron chi connectivity index (χ4n) is 2.84. The van der Waals surface area contributed by atoms with Crippen LogP contribution in [0.15, 0.2) is 91.0 Å². The van der Waals surface area contributed by atoms with E-state index in [9.17, 15) is 14.0 Å². The molecule has 0 amide bonds. The summed E-state index contributed by atoms with van der Waals surface area (Å²) in [4.78, 5) is 23.1. The fourth-order valence-corrected chi connectivity index (χ4v) is 2.84. The smallest absolute Gasteiger partial charge is 0.338 e. The highest BCUT2D eigenvalue weighted by Gasteiger charge is 2.06. The molecule has 0 unspecified atom stereocenters. The number of benzene rings is 3. The molecule has 35 heavy (non-hydrogen) atoms. The van der Waals surface area contributed by atoms with E-state index < -0.39 is 11.9 Å². The number of rotatable bonds is 8. The summed E-state index contributed by atoms with van der Waals surface area (Å²) in [6.07, 6.45) is 7.11. The monoisotopic (exact) mass is 468 g/mol. The number of esters is 2. The molecule has 0 aliphatic carbocycles. The summed E-state index contributed by atoms with van der Waals surface area (Å²) in [6.45, 7) is 10.3. The first-order valence-corrected chi connectivity index (χ1v) is 10.8. The molecular formula is C30H25FO4. The van der Waals surface area contributed by atoms with Crippen molar-refractivity contribution < 1.29 is 23.5 Å². The van der Waals surface area contributed by atoms with Gasteiger partial charge in [-0.3, -0.25) is 0 Å². The first-order valence-electron chi connectivity index (χ1n) is 10.8. The third-order valence-electron chi connectivity index (χ3n) is 4.83. The zero-order valence-corrected chi connectivity index (χ0v) is 19.6. The third-order valence-corrected chi connectivity index (χ3v) is 4.83. The average Bonchev–Trinajstić information content (AvgIpc) is 2.83. The Balaban J connectivity index is 1.62. The van der Waals surface area contributed by atoms with Crippen LogP contribution in [0.25, 0.3) is 24.3 Å². The second kappa shape index (κ2) is 11.6. The summed E-state index contributed by atoms with van der Waals surface area (Å²) in [6, 6.07) is 18.8. The van der Waals surface area contributed by atoms with Crippen LogP contribution in [0.1, 0.15) is 36.1 Å². The van der Waals surface area contributed by atoms with Crippen LogP contribution in [-0.4, -0.2) is 11.9 Å². The maximum atomic E-state index is 14.6. The first-order chi connectivity index (χ1) is 16.7. The summed E-state index contributed by atoms with van der Waals surface area (Å²) in [7, 11) is 0. The molecule has 4 nitrogen and oxygen atoms in total. The normalized spacial score (nSPS) is 10.9. The summed E-state index contributed by atoms with van der Waals surface area (Å²) < 4.78 is 24.9. The molecule has 0 aliphatic rings. The molecule has 0 bridgehead atoms. The second-order valence-electron chi connectivity index (χ2n) is 7.93. The van der Waals surface area contributed by atoms with Crippen molar-refractivity contribution in [3.05, 3.63) is 119 Å². The quantitative estimate of drug-likeness (QED) is 0.153. The van der Waals surface area contributed by atoms with Gasteiger partial charge in [0, 0.05) is 16.7 Å². The number of hydrogen-bond donors (Lipinski definition) is 0. The van der Waals surface area contributed by atoms with E-state index >= 15 is 0 Å². The maximum Gasteiger partial charge on any atom is 0.338 e. The van der Waals surface area contributed by atoms with Crippen LogP contribution in [0.4, 0.5) is 4.39 Å². The summed E-state index contributed by atoms with van der Waals surface area (Å²) in [5.74, 6) is -0.457. The molecule has 0 heterocycles. The molecule has 0 N–H and O–H groups in total. The van der Waals surface area contributed by atoms with Crippen molar-refractivity contribution in [2.45, 2.75) is 13.8 Å². The van der Waals surface area contributed by atoms with Crippen molar-refractivity contribution in [2.24, 2.45) is 0 Å². The number of carbonyl (C=O) groups excluding carboxylic acids is 2. The van der Waals surface area contributed by atoms with Crippen molar-refractivity contribution in [1.82, 2.24) is 0 Å². The zero-order valence-electron chi connectivity index (χ0n) is 19.6. The molecule has 0 fully saturated rings. The van der Waals surface area contributed by atoms with E-state index in [1.807, 2.05) is 12.1 Å². The van der Waals surface area contributed by atoms with Gasteiger partial charge in [-0.05, 0) is 60.9 Å². The number of halogens is 1. The van der Waals surface area contributed by atoms with Gasteiger partial charge in [-0.15, -0.1) is 0 Å². The van der Waals surface area contributed by atoms with E-state index in [-0.39, 0.29) is 5.82 Å². The van der Waals surface area contributed by atoms with Crippen molar-refractivity contribution in [3.8, 4) is 11.5 Å². The van der Waals surface area contributed by atoms with Gasteiger partial charge >= 0.3 is 11.9 Å². The van der Waals surface area contributed by atoms with Crippen molar-refractivity contribution in [3.63, 3.8) is 0 Å². The Labute approximate surface area is 204 Å². The lowest BCUT2D eigenvalue weighted by molar-refractivity contribution is -0.130. The van der Waals surface area contributed by atoms with Crippen molar-refractivity contribution in [1.29, 1.82) is 0 Å². The molecule has 0 atom stereocenters. The summed E-state index contributed by atoms with van der Waals surface area (Å²) in [5.41, 5.74) is 3.52. The topological polar surface area (TPSA) is 52.6 Å². The largest absolute Gasteiger partial charge is 0.423 e. The Morgan fingerprint density at radius 2 is 1.06 bits per heavy atom. The maximum absolute atomic E-state index is 14.6. The van der Waals surface area contributed by atoms with E-state index in [1.54, 1.807) is 86.7 Å². The van der Waals surface area contributed by atoms with E-state index in [2.05, 4.69) is 13.2 Å². The molecular weight excluding hydrogens is 443 g/mol. The minimum absolute atomic E-state index is 0.322. The highest BCUT2D eigenvalue weighted by molar-refractivity contribution is 5.89. The van der Waals surface area contributed by atoms with Crippen LogP contribution < -0.4 is 9.47 Å². The van der Waals surface area contributed by atoms with Crippen molar-refractivity contribution in [2.75, 3.05) is 0 Å². The molecule has 176 valence electrons. The van der Waals surface area contributed by atoms with E-state index in [4.69, 9.17) is 9.47 Å². The highest BCUT2D eigenvalue weighted by atomic mass is 19.1. The molecule has 0 spiro atoms. The van der Waals surface area contributed by atoms with Crippen LogP contribution in [-0.2, 0) is 9.59 Å². The number of hydrogen-bond acceptors (Lipinski definition) is 4. The van der Waals surface area contributed by atoms with Gasteiger partial charge in [0.05, 0.1) is 0 Å². The van der Waals surface area contributed by atoms with Gasteiger partial charge in [-0.2, -0.15) is 0 Å². The second-order valence-corrected chi connectivity index (χ2v) is 7.93. The first kappa shape index (κ1) is 25.1. The molecule has 3 aromatic rings. The Morgan fingerprint density at radius 3 is 1.49 bits per heavy atom. The molecule has 0 saturated carbocycles. The standard InChI is InChI=1S/C30H25FO4/c1-20(2)29(32)34-26-15-9-22(10-16-26)5-6-24-8-14-25(28(31)19-24)13-7-23-11-17-27(18-12-23)35-30(33)21(3)4/h5-19H,1,3H2,2,4H3/b6-5+,13-7+. The SMILES string of the molecule is C=C(C)C(=O)Oc1ccc(/C=C/c2ccc(/C=C/c3ccc(OC(=O)C(=C)C)cc3)c(F)c2)cc1. The highest BCUT2D eigenvalue weighted by Crippen LogP contribution is 2.19. The molecule has 0 saturated heterocycles. The van der Waals surface area contributed by atoms with Gasteiger partial charge in [-0.25, -0.2) is 14.0 Å². The molecule has 0 aliphatic heterocycles. The minimum Gasteiger partial charge on any atom is -0.423 e. The lowest BCUT2D eigenvalue weighted by atomic mass is 10.1. The zero-order chi connectivity index (χ0) is 25.4. The molecule has 0 radical (unpaired) electrons. The average molecular weight is 469 g/mol. The molecule has 3 aromatic carbocycles. The van der Waals surface area contributed by atoms with Gasteiger partial charge in [0.15, 0.2) is 0 Å². The Morgan fingerprint density at radius 1 is 0.657 bits per heavy atom. The van der Waals surface area contributed by atoms with E-state index in [0.717, 1.165) is 11.1 Å². The number of carbonyl (C=O) groups is 2. The lowest BCUT2D eigenvalue weighted by Crippen LogP contribution is -2.07. The Kier molecular flexibility index (Phi) is 8.30. The summed E-state index contributed by atoms with van der Waals surface area (Å²) >= 11 is 0. The Hall–Kier alpha value is -4.51. The lowest BCUT2D eigenvalue weighted by Gasteiger charge is -2.04. The van der Waals surface area contributed by atoms with Crippen LogP contribution in [0, 0.1) is 5.82 Å². The van der Waals surface area contributed by atoms with Gasteiger partial charge in [0.25, 0.3) is 0 Å². The fraction of sp³-hybridized carbons (Fsp3) is 0.0667. The third kappa shape index (κ3) is 7.51. The van der Waals surface area contributed by atoms with E-state index in [0.29, 0.717) is 33.8 Å². The van der Waals surface area contributed by atoms with Crippen LogP contribution in [0.5, 0.6) is 11.5 Å². The van der Waals surface area contributed by atoms with Crippen LogP contribution in [0.2, 0.25) is 0 Å². The molecule has 3 rings (SSSR count). The van der Waals surface area contributed by atoms with Crippen LogP contribution >= 0.6 is 0 Å². The predicted octanol–water partition coefficient (Wildman–Crippen LogP) is 7.13. The van der Waals surface area contributed by atoms with Gasteiger partial charge in [0.1, 0.15) is 17.3 Å². The Bertz CT molecular complexity index is 1310. The van der Waals surface area contributed by atoms with Gasteiger partial charge < -0.3 is 9.47 Å². The van der Waals surface area contributed by atoms with Gasteiger partial charge in [-0.1, -0.05) is 73.9 Å². The molecule has 0 aromatic heterocycles. The van der Waals surface area contributed by atoms with Crippen molar-refractivity contribution >= 4 is 36.2 Å². The number of ether oxygens (including phenoxy) is 2. The minimum atomic E-state index is -0.481. The van der Waals surface area contributed by atoms with E-state index in [1.165, 1.54) is 6.07 Å². The summed E-state index contributed by atoms with van der Waals surface area (Å²) in [5, 5.41) is 0.